The molecule has 1 amide bonds. The van der Waals surface area contributed by atoms with E-state index in [1.54, 1.807) is 12.1 Å². The van der Waals surface area contributed by atoms with E-state index >= 15 is 0 Å². The largest absolute Gasteiger partial charge is 0.481 e. The van der Waals surface area contributed by atoms with Crippen LogP contribution in [0.2, 0.25) is 0 Å². The second-order valence-corrected chi connectivity index (χ2v) is 6.20. The molecule has 1 aromatic rings. The molecule has 120 valence electrons. The van der Waals surface area contributed by atoms with Crippen LogP contribution in [0, 0.1) is 12.3 Å². The second-order valence-electron chi connectivity index (χ2n) is 5.35. The van der Waals surface area contributed by atoms with Gasteiger partial charge in [-0.15, -0.1) is 0 Å². The van der Waals surface area contributed by atoms with Gasteiger partial charge in [0.2, 0.25) is 0 Å². The van der Waals surface area contributed by atoms with E-state index in [0.29, 0.717) is 4.47 Å². The quantitative estimate of drug-likeness (QED) is 0.857. The van der Waals surface area contributed by atoms with Crippen molar-refractivity contribution in [1.29, 1.82) is 0 Å². The molecule has 0 aliphatic carbocycles. The standard InChI is InChI=1S/C14H13BrF3NO3/c1-8-2-3-9(10(15)6-8)11(20)19-5-4-13(7-19,12(21)22)14(16,17)18/h2-3,6H,4-5,7H2,1H3,(H,21,22). The molecule has 1 heterocycles. The minimum Gasteiger partial charge on any atom is -0.481 e. The van der Waals surface area contributed by atoms with Crippen molar-refractivity contribution >= 4 is 27.8 Å². The summed E-state index contributed by atoms with van der Waals surface area (Å²) in [6, 6.07) is 4.86. The van der Waals surface area contributed by atoms with E-state index < -0.39 is 36.4 Å². The Morgan fingerprint density at radius 2 is 2.00 bits per heavy atom. The zero-order valence-electron chi connectivity index (χ0n) is 11.6. The number of alkyl halides is 3. The predicted octanol–water partition coefficient (Wildman–Crippen LogP) is 3.24. The van der Waals surface area contributed by atoms with Crippen molar-refractivity contribution in [3.8, 4) is 0 Å². The fourth-order valence-electron chi connectivity index (χ4n) is 2.47. The molecular weight excluding hydrogens is 367 g/mol. The maximum absolute atomic E-state index is 13.1. The first kappa shape index (κ1) is 16.8. The van der Waals surface area contributed by atoms with Gasteiger partial charge < -0.3 is 10.0 Å². The van der Waals surface area contributed by atoms with Crippen LogP contribution in [-0.4, -0.2) is 41.1 Å². The summed E-state index contributed by atoms with van der Waals surface area (Å²) >= 11 is 3.21. The number of likely N-dealkylation sites (tertiary alicyclic amines) is 1. The van der Waals surface area contributed by atoms with Gasteiger partial charge in [0.25, 0.3) is 5.91 Å². The molecule has 1 N–H and O–H groups in total. The van der Waals surface area contributed by atoms with Gasteiger partial charge >= 0.3 is 12.1 Å². The number of nitrogens with zero attached hydrogens (tertiary/aromatic N) is 1. The van der Waals surface area contributed by atoms with Crippen LogP contribution in [0.3, 0.4) is 0 Å². The van der Waals surface area contributed by atoms with Crippen LogP contribution in [0.25, 0.3) is 0 Å². The fraction of sp³-hybridized carbons (Fsp3) is 0.429. The third kappa shape index (κ3) is 2.71. The Balaban J connectivity index is 2.29. The van der Waals surface area contributed by atoms with Gasteiger partial charge in [0, 0.05) is 17.6 Å². The fourth-order valence-corrected chi connectivity index (χ4v) is 3.14. The third-order valence-electron chi connectivity index (χ3n) is 3.86. The summed E-state index contributed by atoms with van der Waals surface area (Å²) in [6.07, 6.45) is -5.54. The van der Waals surface area contributed by atoms with Gasteiger partial charge in [0.05, 0.1) is 5.56 Å². The SMILES string of the molecule is Cc1ccc(C(=O)N2CCC(C(=O)O)(C(F)(F)F)C2)c(Br)c1. The van der Waals surface area contributed by atoms with Gasteiger partial charge in [-0.2, -0.15) is 13.2 Å². The lowest BCUT2D eigenvalue weighted by Gasteiger charge is -2.27. The summed E-state index contributed by atoms with van der Waals surface area (Å²) < 4.78 is 39.8. The average molecular weight is 380 g/mol. The number of hydrogen-bond acceptors (Lipinski definition) is 2. The van der Waals surface area contributed by atoms with Gasteiger partial charge in [-0.3, -0.25) is 9.59 Å². The molecule has 8 heteroatoms. The number of carboxylic acids is 1. The Hall–Kier alpha value is -1.57. The summed E-state index contributed by atoms with van der Waals surface area (Å²) in [5.74, 6) is -2.56. The molecule has 0 aromatic heterocycles. The van der Waals surface area contributed by atoms with Crippen LogP contribution < -0.4 is 0 Å². The van der Waals surface area contributed by atoms with Crippen molar-refractivity contribution in [2.45, 2.75) is 19.5 Å². The van der Waals surface area contributed by atoms with E-state index in [2.05, 4.69) is 15.9 Å². The normalized spacial score (nSPS) is 22.0. The summed E-state index contributed by atoms with van der Waals surface area (Å²) in [4.78, 5) is 24.4. The molecule has 2 rings (SSSR count). The van der Waals surface area contributed by atoms with E-state index in [1.807, 2.05) is 6.92 Å². The number of halogens is 4. The second kappa shape index (κ2) is 5.57. The molecule has 1 fully saturated rings. The number of aryl methyl sites for hydroxylation is 1. The molecule has 1 aliphatic heterocycles. The van der Waals surface area contributed by atoms with Crippen LogP contribution in [0.15, 0.2) is 22.7 Å². The number of benzene rings is 1. The molecule has 0 saturated carbocycles. The van der Waals surface area contributed by atoms with Crippen LogP contribution in [0.4, 0.5) is 13.2 Å². The molecule has 0 radical (unpaired) electrons. The highest BCUT2D eigenvalue weighted by atomic mass is 79.9. The van der Waals surface area contributed by atoms with E-state index in [4.69, 9.17) is 5.11 Å². The van der Waals surface area contributed by atoms with Gasteiger partial charge in [0.1, 0.15) is 0 Å². The van der Waals surface area contributed by atoms with Crippen molar-refractivity contribution in [2.75, 3.05) is 13.1 Å². The van der Waals surface area contributed by atoms with Crippen LogP contribution in [-0.2, 0) is 4.79 Å². The first-order valence-corrected chi connectivity index (χ1v) is 7.23. The summed E-state index contributed by atoms with van der Waals surface area (Å²) in [7, 11) is 0. The van der Waals surface area contributed by atoms with Crippen LogP contribution in [0.1, 0.15) is 22.3 Å². The van der Waals surface area contributed by atoms with E-state index in [9.17, 15) is 22.8 Å². The highest BCUT2D eigenvalue weighted by Crippen LogP contribution is 2.46. The summed E-state index contributed by atoms with van der Waals surface area (Å²) in [5.41, 5.74) is -1.78. The van der Waals surface area contributed by atoms with Crippen molar-refractivity contribution < 1.29 is 27.9 Å². The summed E-state index contributed by atoms with van der Waals surface area (Å²) in [6.45, 7) is 0.698. The minimum absolute atomic E-state index is 0.217. The molecule has 0 spiro atoms. The number of carbonyl (C=O) groups is 2. The Kier molecular flexibility index (Phi) is 4.25. The lowest BCUT2D eigenvalue weighted by molar-refractivity contribution is -0.227. The molecular formula is C14H13BrF3NO3. The number of carboxylic acid groups (broad SMARTS) is 1. The van der Waals surface area contributed by atoms with Crippen molar-refractivity contribution in [3.05, 3.63) is 33.8 Å². The Morgan fingerprint density at radius 1 is 1.36 bits per heavy atom. The van der Waals surface area contributed by atoms with Crippen molar-refractivity contribution in [2.24, 2.45) is 5.41 Å². The number of carbonyl (C=O) groups excluding carboxylic acids is 1. The van der Waals surface area contributed by atoms with Crippen molar-refractivity contribution in [1.82, 2.24) is 4.90 Å². The average Bonchev–Trinajstić information content (AvgIpc) is 2.83. The van der Waals surface area contributed by atoms with Crippen molar-refractivity contribution in [3.63, 3.8) is 0 Å². The zero-order chi connectivity index (χ0) is 16.7. The van der Waals surface area contributed by atoms with Crippen LogP contribution >= 0.6 is 15.9 Å². The Bertz CT molecular complexity index is 632. The zero-order valence-corrected chi connectivity index (χ0v) is 13.2. The van der Waals surface area contributed by atoms with Gasteiger partial charge in [-0.05, 0) is 47.0 Å². The van der Waals surface area contributed by atoms with E-state index in [-0.39, 0.29) is 12.1 Å². The third-order valence-corrected chi connectivity index (χ3v) is 4.52. The number of aliphatic carboxylic acids is 1. The Labute approximate surface area is 133 Å². The lowest BCUT2D eigenvalue weighted by Crippen LogP contribution is -2.47. The number of hydrogen-bond donors (Lipinski definition) is 1. The first-order valence-electron chi connectivity index (χ1n) is 6.44. The molecule has 1 aromatic carbocycles. The monoisotopic (exact) mass is 379 g/mol. The van der Waals surface area contributed by atoms with Gasteiger partial charge in [0.15, 0.2) is 5.41 Å². The molecule has 0 bridgehead atoms. The molecule has 1 aliphatic rings. The predicted molar refractivity (Wildman–Crippen MR) is 75.5 cm³/mol. The minimum atomic E-state index is -4.90. The first-order chi connectivity index (χ1) is 10.1. The molecule has 4 nitrogen and oxygen atoms in total. The van der Waals surface area contributed by atoms with E-state index in [1.165, 1.54) is 6.07 Å². The maximum atomic E-state index is 13.1. The Morgan fingerprint density at radius 3 is 2.45 bits per heavy atom. The molecule has 22 heavy (non-hydrogen) atoms. The number of rotatable bonds is 2. The lowest BCUT2D eigenvalue weighted by atomic mass is 9.86. The van der Waals surface area contributed by atoms with Gasteiger partial charge in [-0.25, -0.2) is 0 Å². The molecule has 1 unspecified atom stereocenters. The smallest absolute Gasteiger partial charge is 0.406 e. The molecule has 1 saturated heterocycles. The number of amides is 1. The summed E-state index contributed by atoms with van der Waals surface area (Å²) in [5, 5.41) is 8.99. The van der Waals surface area contributed by atoms with E-state index in [0.717, 1.165) is 10.5 Å². The highest BCUT2D eigenvalue weighted by molar-refractivity contribution is 9.10. The molecule has 1 atom stereocenters. The topological polar surface area (TPSA) is 57.6 Å². The van der Waals surface area contributed by atoms with Crippen LogP contribution in [0.5, 0.6) is 0 Å². The maximum Gasteiger partial charge on any atom is 0.406 e. The highest BCUT2D eigenvalue weighted by Gasteiger charge is 2.64. The van der Waals surface area contributed by atoms with Gasteiger partial charge in [-0.1, -0.05) is 6.07 Å².